The fraction of sp³-hybridized carbons (Fsp3) is 0.0833. The number of aromatic nitrogens is 4. The average Bonchev–Trinajstić information content (AvgIpc) is 1.07. The molecule has 0 atom stereocenters. The fourth-order valence-corrected chi connectivity index (χ4v) is 21.0. The third-order valence-electron chi connectivity index (χ3n) is 23.6. The highest BCUT2D eigenvalue weighted by molar-refractivity contribution is 7.20. The molecule has 14 heteroatoms. The summed E-state index contributed by atoms with van der Waals surface area (Å²) in [4.78, 5) is 8.78. The molecule has 0 spiro atoms. The number of aryl methyl sites for hydroxylation is 4. The number of para-hydroxylation sites is 4. The summed E-state index contributed by atoms with van der Waals surface area (Å²) in [5.74, 6) is 3.01. The Hall–Kier alpha value is -13.4. The number of benzene rings is 14. The number of hydrogen-bond acceptors (Lipinski definition) is 10. The molecule has 20 aromatic rings. The fourth-order valence-electron chi connectivity index (χ4n) is 18.5. The van der Waals surface area contributed by atoms with Crippen molar-refractivity contribution in [2.45, 2.75) is 0 Å². The van der Waals surface area contributed by atoms with E-state index in [9.17, 15) is 0 Å². The molecule has 10 heterocycles. The highest BCUT2D eigenvalue weighted by atomic mass is 32.1. The molecule has 0 saturated heterocycles. The molecule has 0 radical (unpaired) electrons. The van der Waals surface area contributed by atoms with Crippen LogP contribution < -0.4 is 28.7 Å². The lowest BCUT2D eigenvalue weighted by molar-refractivity contribution is 0.175. The lowest BCUT2D eigenvalue weighted by Crippen LogP contribution is -2.15. The zero-order chi connectivity index (χ0) is 72.5. The van der Waals surface area contributed by atoms with E-state index in [-0.39, 0.29) is 0 Å². The maximum Gasteiger partial charge on any atom is 0.180 e. The Kier molecular flexibility index (Phi) is 12.9. The predicted octanol–water partition coefficient (Wildman–Crippen LogP) is 25.9. The first-order valence-electron chi connectivity index (χ1n) is 37.3. The molecule has 0 N–H and O–H groups in total. The summed E-state index contributed by atoms with van der Waals surface area (Å²) < 4.78 is 50.2. The number of hydrogen-bond donors (Lipinski definition) is 0. The summed E-state index contributed by atoms with van der Waals surface area (Å²) in [6.07, 6.45) is 0. The Morgan fingerprint density at radius 3 is 0.864 bits per heavy atom. The number of rotatable bonds is 10. The molecule has 4 aliphatic heterocycles. The first kappa shape index (κ1) is 61.7. The Labute approximate surface area is 637 Å². The van der Waals surface area contributed by atoms with Crippen molar-refractivity contribution < 1.29 is 27.8 Å². The van der Waals surface area contributed by atoms with Gasteiger partial charge in [0.15, 0.2) is 23.0 Å². The van der Waals surface area contributed by atoms with Gasteiger partial charge >= 0.3 is 0 Å². The van der Waals surface area contributed by atoms with Gasteiger partial charge in [-0.15, -0.1) is 22.7 Å². The second-order valence-electron chi connectivity index (χ2n) is 29.3. The van der Waals surface area contributed by atoms with E-state index in [1.54, 1.807) is 22.7 Å². The van der Waals surface area contributed by atoms with Crippen LogP contribution in [0.5, 0.6) is 23.0 Å². The number of fused-ring (bicyclic) bond motifs is 14. The SMILES string of the molecule is Cn1c2ccccc2c2cc(N(c3ccc(-c4sc(-c5ccc6oc7ccc8c(-c9sc(-c%10ccc(N(c%11ccc%12c(c%11)c%11ccccc%11n%12C)c%11ccc%12c(c%11)c%11ccccc%11n%12C)cc%10)c%10c9OCCO%10)ccc9oc%10ccc5c6c%10-c7c98)c5c4OCCO5)cc3)c3ccc4c(c3)c3ccccc3n4C)ccc21. The summed E-state index contributed by atoms with van der Waals surface area (Å²) >= 11 is 3.41. The van der Waals surface area contributed by atoms with Gasteiger partial charge in [-0.2, -0.15) is 0 Å². The van der Waals surface area contributed by atoms with Crippen LogP contribution in [0.3, 0.4) is 0 Å². The maximum absolute atomic E-state index is 7.09. The zero-order valence-electron chi connectivity index (χ0n) is 60.2. The number of ether oxygens (including phenoxy) is 4. The molecule has 526 valence electrons. The Morgan fingerprint density at radius 2 is 0.536 bits per heavy atom. The molecule has 0 amide bonds. The van der Waals surface area contributed by atoms with Gasteiger partial charge in [0.2, 0.25) is 0 Å². The van der Waals surface area contributed by atoms with Crippen LogP contribution in [0.15, 0.2) is 276 Å². The van der Waals surface area contributed by atoms with Crippen LogP contribution in [0.4, 0.5) is 34.1 Å². The van der Waals surface area contributed by atoms with Gasteiger partial charge in [-0.1, -0.05) is 97.1 Å². The van der Waals surface area contributed by atoms with Gasteiger partial charge in [0.1, 0.15) is 48.8 Å². The number of nitrogens with zero attached hydrogens (tertiary/aromatic N) is 6. The number of anilines is 6. The minimum Gasteiger partial charge on any atom is -0.485 e. The van der Waals surface area contributed by atoms with Gasteiger partial charge in [0, 0.05) is 183 Å². The molecular formula is C96H64N6O6S2. The molecule has 6 aromatic heterocycles. The molecule has 0 saturated carbocycles. The average molecular weight is 1460 g/mol. The first-order valence-corrected chi connectivity index (χ1v) is 39.0. The van der Waals surface area contributed by atoms with Crippen LogP contribution >= 0.6 is 22.7 Å². The van der Waals surface area contributed by atoms with Crippen molar-refractivity contribution in [3.8, 4) is 75.9 Å². The van der Waals surface area contributed by atoms with Crippen LogP contribution in [0, 0.1) is 0 Å². The summed E-state index contributed by atoms with van der Waals surface area (Å²) in [7, 11) is 8.62. The van der Waals surface area contributed by atoms with Gasteiger partial charge in [0.05, 0.1) is 19.5 Å². The van der Waals surface area contributed by atoms with Crippen LogP contribution in [-0.2, 0) is 28.2 Å². The maximum atomic E-state index is 7.09. The van der Waals surface area contributed by atoms with E-state index in [0.717, 1.165) is 154 Å². The Morgan fingerprint density at radius 1 is 0.255 bits per heavy atom. The van der Waals surface area contributed by atoms with Crippen LogP contribution in [0.2, 0.25) is 0 Å². The molecule has 0 fully saturated rings. The van der Waals surface area contributed by atoms with Crippen molar-refractivity contribution >= 4 is 188 Å². The Bertz CT molecular complexity index is 6940. The van der Waals surface area contributed by atoms with E-state index in [4.69, 9.17) is 27.8 Å². The molecule has 0 unspecified atom stereocenters. The van der Waals surface area contributed by atoms with Crippen molar-refractivity contribution in [1.29, 1.82) is 0 Å². The highest BCUT2D eigenvalue weighted by Crippen LogP contribution is 2.60. The smallest absolute Gasteiger partial charge is 0.180 e. The second kappa shape index (κ2) is 23.1. The zero-order valence-corrected chi connectivity index (χ0v) is 61.8. The number of thiophene rings is 2. The molecule has 110 heavy (non-hydrogen) atoms. The normalized spacial score (nSPS) is 13.2. The van der Waals surface area contributed by atoms with Crippen molar-refractivity contribution in [3.05, 3.63) is 267 Å². The Balaban J connectivity index is 0.599. The van der Waals surface area contributed by atoms with Crippen molar-refractivity contribution in [2.24, 2.45) is 28.2 Å². The first-order chi connectivity index (χ1) is 54.2. The van der Waals surface area contributed by atoms with E-state index in [0.29, 0.717) is 26.4 Å². The minimum atomic E-state index is 0.436. The minimum absolute atomic E-state index is 0.436. The van der Waals surface area contributed by atoms with Gasteiger partial charge in [-0.25, -0.2) is 0 Å². The van der Waals surface area contributed by atoms with Gasteiger partial charge in [-0.3, -0.25) is 0 Å². The van der Waals surface area contributed by atoms with Crippen LogP contribution in [0.25, 0.3) is 184 Å². The van der Waals surface area contributed by atoms with Gasteiger partial charge in [0.25, 0.3) is 0 Å². The van der Waals surface area contributed by atoms with E-state index in [1.165, 1.54) is 87.2 Å². The lowest BCUT2D eigenvalue weighted by atomic mass is 9.87. The highest BCUT2D eigenvalue weighted by Gasteiger charge is 2.34. The second-order valence-corrected chi connectivity index (χ2v) is 31.3. The summed E-state index contributed by atoms with van der Waals surface area (Å²) in [5, 5.41) is 13.8. The summed E-state index contributed by atoms with van der Waals surface area (Å²) in [6, 6.07) is 97.3. The monoisotopic (exact) mass is 1460 g/mol. The third-order valence-corrected chi connectivity index (χ3v) is 26.1. The van der Waals surface area contributed by atoms with E-state index < -0.39 is 0 Å². The molecule has 14 aromatic carbocycles. The van der Waals surface area contributed by atoms with Gasteiger partial charge < -0.3 is 55.8 Å². The van der Waals surface area contributed by atoms with E-state index >= 15 is 0 Å². The standard InChI is InChI=1S/C96H64N6O6S2/c1-97-73-17-9-5-13-61(73)69-49-57(29-37-77(69)97)101(58-30-38-78-70(50-58)62-14-6-10-18-74(62)98(78)2)55-25-21-53(22-26-55)93-89-91(105-47-45-103-89)95(109-93)67-35-43-81-85-65(67)33-41-83-87(85)88-84(107-81)42-34-66-68(36-44-82(108-83)86(66)88)96-92-90(104-46-48-106-92)94(110-96)54-23-27-56(28-24-54)102(59-31-39-79-71(51-59)63-15-7-11-19-75(63)99(79)3)60-32-40-80-72(52-60)64-16-8-12-20-76(64)100(80)4/h5-44,49-52H,45-48H2,1-4H3. The largest absolute Gasteiger partial charge is 0.485 e. The predicted molar refractivity (Wildman–Crippen MR) is 454 cm³/mol. The topological polar surface area (TPSA) is 89.4 Å². The third kappa shape index (κ3) is 8.70. The van der Waals surface area contributed by atoms with E-state index in [2.05, 4.69) is 323 Å². The molecule has 4 aliphatic rings. The molecule has 0 bridgehead atoms. The van der Waals surface area contributed by atoms with Crippen molar-refractivity contribution in [2.75, 3.05) is 36.2 Å². The van der Waals surface area contributed by atoms with Crippen LogP contribution in [-0.4, -0.2) is 44.7 Å². The van der Waals surface area contributed by atoms with Crippen molar-refractivity contribution in [1.82, 2.24) is 18.3 Å². The molecule has 12 nitrogen and oxygen atoms in total. The lowest BCUT2D eigenvalue weighted by Gasteiger charge is -2.26. The summed E-state index contributed by atoms with van der Waals surface area (Å²) in [6.45, 7) is 1.76. The van der Waals surface area contributed by atoms with Crippen molar-refractivity contribution in [3.63, 3.8) is 0 Å². The quantitative estimate of drug-likeness (QED) is 0.0988. The van der Waals surface area contributed by atoms with Gasteiger partial charge in [-0.05, 0) is 192 Å². The van der Waals surface area contributed by atoms with E-state index in [1.807, 2.05) is 0 Å². The molecular weight excluding hydrogens is 1400 g/mol. The summed E-state index contributed by atoms with van der Waals surface area (Å²) in [5.41, 5.74) is 25.2. The molecule has 0 aliphatic carbocycles. The van der Waals surface area contributed by atoms with Crippen LogP contribution in [0.1, 0.15) is 0 Å². The molecule has 24 rings (SSSR count).